The summed E-state index contributed by atoms with van der Waals surface area (Å²) in [5.74, 6) is -3.37. The summed E-state index contributed by atoms with van der Waals surface area (Å²) < 4.78 is 4.40. The second-order valence-corrected chi connectivity index (χ2v) is 4.66. The summed E-state index contributed by atoms with van der Waals surface area (Å²) in [4.78, 5) is 33.0. The highest BCUT2D eigenvalue weighted by atomic mass is 16.6. The van der Waals surface area contributed by atoms with Crippen molar-refractivity contribution in [2.24, 2.45) is 5.73 Å². The largest absolute Gasteiger partial charge is 0.548 e. The van der Waals surface area contributed by atoms with Gasteiger partial charge in [-0.05, 0) is 18.1 Å². The number of phenols is 1. The van der Waals surface area contributed by atoms with E-state index in [1.54, 1.807) is 0 Å². The molecule has 1 atom stereocenters. The fourth-order valence-electron chi connectivity index (χ4n) is 1.95. The highest BCUT2D eigenvalue weighted by Gasteiger charge is 2.31. The molecule has 0 saturated heterocycles. The maximum atomic E-state index is 11.6. The maximum Gasteiger partial charge on any atom is 0.548 e. The molecule has 1 amide bonds. The van der Waals surface area contributed by atoms with E-state index >= 15 is 0 Å². The van der Waals surface area contributed by atoms with Crippen molar-refractivity contribution in [3.8, 4) is 5.75 Å². The van der Waals surface area contributed by atoms with Gasteiger partial charge in [-0.2, -0.15) is 0 Å². The topological polar surface area (TPSA) is 159 Å². The van der Waals surface area contributed by atoms with E-state index in [0.29, 0.717) is 0 Å². The van der Waals surface area contributed by atoms with Crippen molar-refractivity contribution in [3.63, 3.8) is 0 Å². The van der Waals surface area contributed by atoms with E-state index in [1.807, 2.05) is 0 Å². The number of nitrogens with two attached hydrogens (primary N) is 1. The van der Waals surface area contributed by atoms with E-state index in [4.69, 9.17) is 10.8 Å². The number of rotatable bonds is 9. The fourth-order valence-corrected chi connectivity index (χ4v) is 1.95. The minimum atomic E-state index is -1.66. The van der Waals surface area contributed by atoms with Gasteiger partial charge in [0.1, 0.15) is 11.3 Å². The first-order valence-corrected chi connectivity index (χ1v) is 6.71. The zero-order valence-electron chi connectivity index (χ0n) is 12.1. The van der Waals surface area contributed by atoms with Gasteiger partial charge in [-0.1, -0.05) is 12.1 Å². The first-order chi connectivity index (χ1) is 10.9. The molecule has 1 rings (SSSR count). The predicted octanol–water partition coefficient (Wildman–Crippen LogP) is -1.34. The number of hydrogen-bond donors (Lipinski definition) is 5. The monoisotopic (exact) mass is 324 g/mol. The molecule has 0 heterocycles. The summed E-state index contributed by atoms with van der Waals surface area (Å²) in [5.41, 5.74) is 5.10. The summed E-state index contributed by atoms with van der Waals surface area (Å²) in [6.45, 7) is 0.100. The van der Waals surface area contributed by atoms with Crippen LogP contribution in [0.4, 0.5) is 0 Å². The van der Waals surface area contributed by atoms with E-state index < -0.39 is 30.7 Å². The van der Waals surface area contributed by atoms with Crippen LogP contribution in [-0.4, -0.2) is 53.2 Å². The lowest BCUT2D eigenvalue weighted by atomic mass is 9.75. The average Bonchev–Trinajstić information content (AvgIpc) is 2.48. The molecule has 0 aliphatic carbocycles. The zero-order valence-corrected chi connectivity index (χ0v) is 12.1. The van der Waals surface area contributed by atoms with Crippen LogP contribution in [0, 0.1) is 0 Å². The molecular formula is C13H17BN2O7. The number of carbonyl (C=O) groups excluding carboxylic acids is 2. The Hall–Kier alpha value is -2.59. The minimum absolute atomic E-state index is 0.00848. The number of hydrogen-bond acceptors (Lipinski definition) is 7. The Labute approximate surface area is 132 Å². The summed E-state index contributed by atoms with van der Waals surface area (Å²) in [6.07, 6.45) is -0.163. The van der Waals surface area contributed by atoms with Crippen LogP contribution >= 0.6 is 0 Å². The number of nitrogens with one attached hydrogen (secondary N) is 1. The van der Waals surface area contributed by atoms with Crippen LogP contribution in [0.15, 0.2) is 18.2 Å². The number of benzene rings is 1. The molecule has 124 valence electrons. The molecular weight excluding hydrogens is 307 g/mol. The second-order valence-electron chi connectivity index (χ2n) is 4.66. The van der Waals surface area contributed by atoms with Crippen LogP contribution in [-0.2, 0) is 20.7 Å². The smallest absolute Gasteiger partial charge is 0.511 e. The highest BCUT2D eigenvalue weighted by Crippen LogP contribution is 2.24. The molecule has 10 heteroatoms. The molecule has 0 unspecified atom stereocenters. The van der Waals surface area contributed by atoms with Crippen molar-refractivity contribution in [1.82, 2.24) is 5.32 Å². The minimum Gasteiger partial charge on any atom is -0.511 e. The number of aromatic hydroxyl groups is 1. The van der Waals surface area contributed by atoms with Crippen molar-refractivity contribution in [2.45, 2.75) is 18.8 Å². The number of amides is 1. The van der Waals surface area contributed by atoms with Gasteiger partial charge in [0.15, 0.2) is 0 Å². The normalized spacial score (nSPS) is 11.4. The van der Waals surface area contributed by atoms with Crippen LogP contribution in [0.2, 0.25) is 0 Å². The number of carboxylic acids is 1. The third kappa shape index (κ3) is 5.27. The highest BCUT2D eigenvalue weighted by molar-refractivity contribution is 6.47. The van der Waals surface area contributed by atoms with Gasteiger partial charge in [-0.25, -0.2) is 4.79 Å². The number of carboxylic acid groups (broad SMARTS) is 1. The lowest BCUT2D eigenvalue weighted by molar-refractivity contribution is -0.124. The summed E-state index contributed by atoms with van der Waals surface area (Å²) in [7, 11) is -1.66. The summed E-state index contributed by atoms with van der Waals surface area (Å²) in [6, 6.07) is 4.04. The van der Waals surface area contributed by atoms with E-state index in [1.165, 1.54) is 18.2 Å². The Morgan fingerprint density at radius 2 is 2.13 bits per heavy atom. The predicted molar refractivity (Wildman–Crippen MR) is 79.5 cm³/mol. The van der Waals surface area contributed by atoms with Gasteiger partial charge in [0, 0.05) is 13.0 Å². The van der Waals surface area contributed by atoms with Crippen molar-refractivity contribution < 1.29 is 34.3 Å². The van der Waals surface area contributed by atoms with Gasteiger partial charge < -0.3 is 30.9 Å². The van der Waals surface area contributed by atoms with Crippen LogP contribution in [0.25, 0.3) is 0 Å². The fraction of sp³-hybridized carbons (Fsp3) is 0.308. The molecule has 1 aromatic rings. The number of para-hydroxylation sites is 1. The first kappa shape index (κ1) is 18.5. The van der Waals surface area contributed by atoms with Gasteiger partial charge in [0.2, 0.25) is 5.91 Å². The molecule has 0 radical (unpaired) electrons. The van der Waals surface area contributed by atoms with Crippen LogP contribution in [0.3, 0.4) is 0 Å². The Bertz CT molecular complexity index is 581. The molecule has 1 aromatic carbocycles. The molecule has 0 aliphatic rings. The van der Waals surface area contributed by atoms with Gasteiger partial charge in [0.25, 0.3) is 6.47 Å². The van der Waals surface area contributed by atoms with Crippen LogP contribution in [0.5, 0.6) is 5.75 Å². The van der Waals surface area contributed by atoms with E-state index in [-0.39, 0.29) is 37.0 Å². The lowest BCUT2D eigenvalue weighted by Gasteiger charge is -2.20. The standard InChI is InChI=1S/C13H17BN2O7/c15-5-4-11(18)16-10(14(22)23-7-17)6-8-2-1-3-9(12(8)19)13(20)21/h1-3,7,10,19,22H,4-6,15H2,(H,16,18)(H,20,21)/t10-/m0/s1. The quantitative estimate of drug-likeness (QED) is 0.276. The van der Waals surface area contributed by atoms with Crippen LogP contribution in [0.1, 0.15) is 22.3 Å². The zero-order chi connectivity index (χ0) is 17.4. The lowest BCUT2D eigenvalue weighted by Crippen LogP contribution is -2.49. The molecule has 0 fully saturated rings. The van der Waals surface area contributed by atoms with Gasteiger partial charge in [-0.3, -0.25) is 9.59 Å². The maximum absolute atomic E-state index is 11.6. The van der Waals surface area contributed by atoms with Crippen molar-refractivity contribution in [3.05, 3.63) is 29.3 Å². The molecule has 0 aliphatic heterocycles. The van der Waals surface area contributed by atoms with Crippen molar-refractivity contribution >= 4 is 25.5 Å². The number of carbonyl (C=O) groups is 3. The number of aromatic carboxylic acids is 1. The average molecular weight is 324 g/mol. The Balaban J connectivity index is 3.00. The summed E-state index contributed by atoms with van der Waals surface area (Å²) in [5, 5.41) is 31.1. The third-order valence-electron chi connectivity index (χ3n) is 3.05. The van der Waals surface area contributed by atoms with Gasteiger partial charge >= 0.3 is 13.1 Å². The second kappa shape index (κ2) is 8.76. The Morgan fingerprint density at radius 3 is 2.70 bits per heavy atom. The Morgan fingerprint density at radius 1 is 1.43 bits per heavy atom. The van der Waals surface area contributed by atoms with Crippen molar-refractivity contribution in [1.29, 1.82) is 0 Å². The van der Waals surface area contributed by atoms with E-state index in [9.17, 15) is 24.5 Å². The molecule has 0 aromatic heterocycles. The molecule has 9 nitrogen and oxygen atoms in total. The van der Waals surface area contributed by atoms with Crippen molar-refractivity contribution in [2.75, 3.05) is 6.54 Å². The van der Waals surface area contributed by atoms with E-state index in [0.717, 1.165) is 0 Å². The Kier molecular flexibility index (Phi) is 7.03. The van der Waals surface area contributed by atoms with Gasteiger partial charge in [-0.15, -0.1) is 0 Å². The molecule has 6 N–H and O–H groups in total. The SMILES string of the molecule is NCCC(=O)N[C@@H](Cc1cccc(C(=O)O)c1O)B(O)OC=O. The summed E-state index contributed by atoms with van der Waals surface area (Å²) >= 11 is 0. The molecule has 23 heavy (non-hydrogen) atoms. The molecule has 0 saturated carbocycles. The first-order valence-electron chi connectivity index (χ1n) is 6.71. The molecule has 0 spiro atoms. The van der Waals surface area contributed by atoms with E-state index in [2.05, 4.69) is 9.97 Å². The molecule has 0 bridgehead atoms. The third-order valence-corrected chi connectivity index (χ3v) is 3.05. The van der Waals surface area contributed by atoms with Gasteiger partial charge in [0.05, 0.1) is 5.94 Å². The van der Waals surface area contributed by atoms with Crippen LogP contribution < -0.4 is 11.1 Å².